The van der Waals surface area contributed by atoms with Crippen LogP contribution in [0.25, 0.3) is 6.08 Å². The smallest absolute Gasteiger partial charge is 0.294 e. The van der Waals surface area contributed by atoms with Gasteiger partial charge in [0.1, 0.15) is 12.3 Å². The number of hydrogen-bond acceptors (Lipinski definition) is 5. The van der Waals surface area contributed by atoms with E-state index in [1.807, 2.05) is 39.0 Å². The van der Waals surface area contributed by atoms with Gasteiger partial charge in [-0.3, -0.25) is 19.3 Å². The first-order valence-electron chi connectivity index (χ1n) is 9.33. The molecule has 1 saturated heterocycles. The van der Waals surface area contributed by atoms with E-state index in [2.05, 4.69) is 5.32 Å². The number of carbonyl (C=O) groups is 3. The van der Waals surface area contributed by atoms with Crippen molar-refractivity contribution >= 4 is 52.2 Å². The first kappa shape index (κ1) is 21.9. The average Bonchev–Trinajstić information content (AvgIpc) is 2.94. The number of imide groups is 1. The zero-order valence-corrected chi connectivity index (χ0v) is 18.4. The molecule has 0 radical (unpaired) electrons. The van der Waals surface area contributed by atoms with Crippen molar-refractivity contribution in [1.82, 2.24) is 4.90 Å². The summed E-state index contributed by atoms with van der Waals surface area (Å²) in [5, 5.41) is 2.75. The summed E-state index contributed by atoms with van der Waals surface area (Å²) in [6, 6.07) is 10.7. The highest BCUT2D eigenvalue weighted by Crippen LogP contribution is 2.34. The van der Waals surface area contributed by atoms with Gasteiger partial charge in [-0.15, -0.1) is 0 Å². The van der Waals surface area contributed by atoms with Gasteiger partial charge in [0.2, 0.25) is 5.91 Å². The Labute approximate surface area is 184 Å². The number of halogens is 1. The van der Waals surface area contributed by atoms with Crippen LogP contribution in [0.3, 0.4) is 0 Å². The lowest BCUT2D eigenvalue weighted by Gasteiger charge is -2.14. The van der Waals surface area contributed by atoms with Crippen molar-refractivity contribution in [2.45, 2.75) is 20.8 Å². The number of benzene rings is 2. The number of nitrogens with one attached hydrogen (secondary N) is 1. The van der Waals surface area contributed by atoms with Crippen LogP contribution in [0.1, 0.15) is 23.6 Å². The SMILES string of the molecule is CCOc1ccc(Cl)cc1/C=C1/SC(=O)N(CC(=O)Nc2cc(C)ccc2C)C1=O. The fraction of sp³-hybridized carbons (Fsp3) is 0.227. The lowest BCUT2D eigenvalue weighted by molar-refractivity contribution is -0.127. The molecule has 0 spiro atoms. The van der Waals surface area contributed by atoms with Gasteiger partial charge in [0.05, 0.1) is 11.5 Å². The van der Waals surface area contributed by atoms with E-state index in [1.165, 1.54) is 0 Å². The number of carbonyl (C=O) groups excluding carboxylic acids is 3. The van der Waals surface area contributed by atoms with Gasteiger partial charge in [0.25, 0.3) is 11.1 Å². The summed E-state index contributed by atoms with van der Waals surface area (Å²) in [4.78, 5) is 38.7. The molecule has 0 unspecified atom stereocenters. The first-order chi connectivity index (χ1) is 14.3. The predicted molar refractivity (Wildman–Crippen MR) is 120 cm³/mol. The van der Waals surface area contributed by atoms with Crippen molar-refractivity contribution in [1.29, 1.82) is 0 Å². The maximum atomic E-state index is 12.7. The van der Waals surface area contributed by atoms with E-state index in [0.29, 0.717) is 28.6 Å². The fourth-order valence-electron chi connectivity index (χ4n) is 2.90. The summed E-state index contributed by atoms with van der Waals surface area (Å²) in [5.74, 6) is -0.407. The van der Waals surface area contributed by atoms with Crippen LogP contribution in [0.15, 0.2) is 41.3 Å². The highest BCUT2D eigenvalue weighted by atomic mass is 35.5. The van der Waals surface area contributed by atoms with Crippen molar-refractivity contribution in [2.75, 3.05) is 18.5 Å². The van der Waals surface area contributed by atoms with E-state index in [4.69, 9.17) is 16.3 Å². The van der Waals surface area contributed by atoms with Crippen molar-refractivity contribution in [2.24, 2.45) is 0 Å². The van der Waals surface area contributed by atoms with Crippen molar-refractivity contribution < 1.29 is 19.1 Å². The quantitative estimate of drug-likeness (QED) is 0.632. The minimum atomic E-state index is -0.525. The van der Waals surface area contributed by atoms with Crippen molar-refractivity contribution in [3.05, 3.63) is 63.0 Å². The summed E-state index contributed by atoms with van der Waals surface area (Å²) in [6.07, 6.45) is 1.56. The Morgan fingerprint density at radius 2 is 1.97 bits per heavy atom. The zero-order chi connectivity index (χ0) is 21.8. The molecule has 30 heavy (non-hydrogen) atoms. The number of ether oxygens (including phenoxy) is 1. The molecule has 1 heterocycles. The number of anilines is 1. The molecule has 3 amide bonds. The van der Waals surface area contributed by atoms with Gasteiger partial charge >= 0.3 is 0 Å². The molecule has 0 saturated carbocycles. The van der Waals surface area contributed by atoms with Gasteiger partial charge in [-0.2, -0.15) is 0 Å². The Morgan fingerprint density at radius 1 is 1.20 bits per heavy atom. The zero-order valence-electron chi connectivity index (χ0n) is 16.8. The third-order valence-electron chi connectivity index (χ3n) is 4.40. The Kier molecular flexibility index (Phi) is 6.84. The van der Waals surface area contributed by atoms with E-state index in [0.717, 1.165) is 27.8 Å². The molecule has 2 aromatic carbocycles. The molecule has 2 aromatic rings. The number of amides is 3. The number of hydrogen-bond donors (Lipinski definition) is 1. The summed E-state index contributed by atoms with van der Waals surface area (Å²) in [6.45, 7) is 5.73. The molecule has 6 nitrogen and oxygen atoms in total. The molecule has 1 N–H and O–H groups in total. The number of aryl methyl sites for hydroxylation is 2. The maximum Gasteiger partial charge on any atom is 0.294 e. The van der Waals surface area contributed by atoms with Crippen molar-refractivity contribution in [3.8, 4) is 5.75 Å². The molecule has 156 valence electrons. The molecule has 0 atom stereocenters. The molecule has 8 heteroatoms. The summed E-state index contributed by atoms with van der Waals surface area (Å²) < 4.78 is 5.56. The van der Waals surface area contributed by atoms with E-state index < -0.39 is 17.1 Å². The van der Waals surface area contributed by atoms with Gasteiger partial charge in [-0.1, -0.05) is 23.7 Å². The Morgan fingerprint density at radius 3 is 2.70 bits per heavy atom. The molecule has 0 aromatic heterocycles. The van der Waals surface area contributed by atoms with Crippen LogP contribution in [-0.2, 0) is 9.59 Å². The molecule has 1 aliphatic heterocycles. The predicted octanol–water partition coefficient (Wildman–Crippen LogP) is 5.03. The average molecular weight is 445 g/mol. The second kappa shape index (κ2) is 9.36. The summed E-state index contributed by atoms with van der Waals surface area (Å²) >= 11 is 6.84. The minimum Gasteiger partial charge on any atom is -0.493 e. The van der Waals surface area contributed by atoms with E-state index in [1.54, 1.807) is 24.3 Å². The summed E-state index contributed by atoms with van der Waals surface area (Å²) in [5.41, 5.74) is 3.14. The minimum absolute atomic E-state index is 0.211. The standard InChI is InChI=1S/C22H21ClN2O4S/c1-4-29-18-8-7-16(23)10-15(18)11-19-21(27)25(22(28)30-19)12-20(26)24-17-9-13(2)5-6-14(17)3/h5-11H,4,12H2,1-3H3,(H,24,26)/b19-11+. The Hall–Kier alpha value is -2.77. The molecule has 0 aliphatic carbocycles. The topological polar surface area (TPSA) is 75.7 Å². The Bertz CT molecular complexity index is 1050. The second-order valence-electron chi connectivity index (χ2n) is 6.75. The molecule has 3 rings (SSSR count). The van der Waals surface area contributed by atoms with Gasteiger partial charge in [0.15, 0.2) is 0 Å². The molecule has 1 aliphatic rings. The van der Waals surface area contributed by atoms with Crippen LogP contribution in [0.2, 0.25) is 5.02 Å². The number of nitrogens with zero attached hydrogens (tertiary/aromatic N) is 1. The second-order valence-corrected chi connectivity index (χ2v) is 8.18. The largest absolute Gasteiger partial charge is 0.493 e. The lowest BCUT2D eigenvalue weighted by atomic mass is 10.1. The van der Waals surface area contributed by atoms with Gasteiger partial charge in [-0.05, 0) is 74.0 Å². The van der Waals surface area contributed by atoms with Crippen LogP contribution >= 0.6 is 23.4 Å². The van der Waals surface area contributed by atoms with Crippen LogP contribution in [0, 0.1) is 13.8 Å². The van der Waals surface area contributed by atoms with Crippen LogP contribution in [-0.4, -0.2) is 35.1 Å². The lowest BCUT2D eigenvalue weighted by Crippen LogP contribution is -2.36. The van der Waals surface area contributed by atoms with Crippen LogP contribution < -0.4 is 10.1 Å². The van der Waals surface area contributed by atoms with Gasteiger partial charge < -0.3 is 10.1 Å². The molecular weight excluding hydrogens is 424 g/mol. The highest BCUT2D eigenvalue weighted by Gasteiger charge is 2.36. The van der Waals surface area contributed by atoms with Gasteiger partial charge in [-0.25, -0.2) is 0 Å². The highest BCUT2D eigenvalue weighted by molar-refractivity contribution is 8.18. The fourth-order valence-corrected chi connectivity index (χ4v) is 3.91. The van der Waals surface area contributed by atoms with E-state index in [9.17, 15) is 14.4 Å². The van der Waals surface area contributed by atoms with Crippen LogP contribution in [0.4, 0.5) is 10.5 Å². The van der Waals surface area contributed by atoms with E-state index >= 15 is 0 Å². The molecular formula is C22H21ClN2O4S. The third kappa shape index (κ3) is 5.04. The first-order valence-corrected chi connectivity index (χ1v) is 10.5. The monoisotopic (exact) mass is 444 g/mol. The van der Waals surface area contributed by atoms with E-state index in [-0.39, 0.29) is 11.4 Å². The van der Waals surface area contributed by atoms with Crippen LogP contribution in [0.5, 0.6) is 5.75 Å². The number of rotatable bonds is 6. The van der Waals surface area contributed by atoms with Crippen molar-refractivity contribution in [3.63, 3.8) is 0 Å². The summed E-state index contributed by atoms with van der Waals surface area (Å²) in [7, 11) is 0. The molecule has 0 bridgehead atoms. The number of thioether (sulfide) groups is 1. The van der Waals surface area contributed by atoms with Gasteiger partial charge in [0, 0.05) is 16.3 Å². The third-order valence-corrected chi connectivity index (χ3v) is 5.54. The Balaban J connectivity index is 1.76. The maximum absolute atomic E-state index is 12.7. The normalized spacial score (nSPS) is 15.1. The molecule has 1 fully saturated rings.